The molecule has 2 amide bonds. The first-order chi connectivity index (χ1) is 19.7. The van der Waals surface area contributed by atoms with Crippen molar-refractivity contribution in [3.8, 4) is 0 Å². The molecule has 0 aliphatic carbocycles. The molecule has 0 aromatic heterocycles. The number of primary amides is 1. The number of alkyl halides is 3. The molecule has 4 rings (SSSR count). The standard InChI is InChI=1S/C28H33Cl2F3N4O4S/c1-2-42(40,41)25-8-7-19(29)11-18(25)14-35-27(39)17-12-22(28(31,32)33)21(23(30)13-17)16-36-9-3-5-20(15-36)37-10-4-6-24(37)26(34)38/h7-8,11-13,20,24H,2-6,9-10,14-16H2,1H3,(H2,34,38)(H,35,39)/t20-,24+/m0/s1. The largest absolute Gasteiger partial charge is 0.416 e. The lowest BCUT2D eigenvalue weighted by Gasteiger charge is -2.39. The Bertz CT molecular complexity index is 1460. The van der Waals surface area contributed by atoms with Crippen molar-refractivity contribution >= 4 is 44.9 Å². The fraction of sp³-hybridized carbons (Fsp3) is 0.500. The second-order valence-corrected chi connectivity index (χ2v) is 13.7. The Kier molecular flexibility index (Phi) is 10.1. The van der Waals surface area contributed by atoms with Crippen molar-refractivity contribution in [1.82, 2.24) is 15.1 Å². The monoisotopic (exact) mass is 648 g/mol. The average molecular weight is 650 g/mol. The topological polar surface area (TPSA) is 113 Å². The summed E-state index contributed by atoms with van der Waals surface area (Å²) in [6.07, 6.45) is -1.72. The molecule has 2 aliphatic rings. The molecular formula is C28H33Cl2F3N4O4S. The fourth-order valence-corrected chi connectivity index (χ4v) is 7.40. The first-order valence-corrected chi connectivity index (χ1v) is 16.1. The van der Waals surface area contributed by atoms with Crippen molar-refractivity contribution in [1.29, 1.82) is 0 Å². The van der Waals surface area contributed by atoms with E-state index in [1.807, 2.05) is 4.90 Å². The Morgan fingerprint density at radius 3 is 2.48 bits per heavy atom. The van der Waals surface area contributed by atoms with E-state index in [1.54, 1.807) is 0 Å². The number of hydrogen-bond donors (Lipinski definition) is 2. The molecule has 2 heterocycles. The third-order valence-corrected chi connectivity index (χ3v) is 10.3. The number of piperidine rings is 1. The molecule has 0 radical (unpaired) electrons. The van der Waals surface area contributed by atoms with Gasteiger partial charge in [-0.25, -0.2) is 8.42 Å². The molecule has 2 saturated heterocycles. The van der Waals surface area contributed by atoms with Crippen LogP contribution < -0.4 is 11.1 Å². The zero-order valence-corrected chi connectivity index (χ0v) is 25.3. The van der Waals surface area contributed by atoms with Gasteiger partial charge in [0.2, 0.25) is 5.91 Å². The predicted molar refractivity (Wildman–Crippen MR) is 154 cm³/mol. The molecule has 42 heavy (non-hydrogen) atoms. The summed E-state index contributed by atoms with van der Waals surface area (Å²) in [7, 11) is -3.64. The maximum Gasteiger partial charge on any atom is 0.416 e. The summed E-state index contributed by atoms with van der Waals surface area (Å²) in [6, 6.07) is 5.71. The summed E-state index contributed by atoms with van der Waals surface area (Å²) < 4.78 is 67.7. The van der Waals surface area contributed by atoms with Crippen LogP contribution in [0.15, 0.2) is 35.2 Å². The fourth-order valence-electron chi connectivity index (χ4n) is 5.80. The highest BCUT2D eigenvalue weighted by Gasteiger charge is 2.38. The molecule has 3 N–H and O–H groups in total. The van der Waals surface area contributed by atoms with Crippen LogP contribution in [0.2, 0.25) is 10.0 Å². The zero-order valence-electron chi connectivity index (χ0n) is 23.0. The molecule has 2 atom stereocenters. The normalized spacial score (nSPS) is 20.5. The molecule has 14 heteroatoms. The van der Waals surface area contributed by atoms with Crippen molar-refractivity contribution in [3.63, 3.8) is 0 Å². The molecule has 0 saturated carbocycles. The summed E-state index contributed by atoms with van der Waals surface area (Å²) >= 11 is 12.4. The summed E-state index contributed by atoms with van der Waals surface area (Å²) in [5.74, 6) is -1.42. The Morgan fingerprint density at radius 2 is 1.81 bits per heavy atom. The highest BCUT2D eigenvalue weighted by molar-refractivity contribution is 7.91. The molecule has 230 valence electrons. The second kappa shape index (κ2) is 13.1. The van der Waals surface area contributed by atoms with Gasteiger partial charge in [-0.3, -0.25) is 19.4 Å². The highest BCUT2D eigenvalue weighted by Crippen LogP contribution is 2.38. The maximum atomic E-state index is 14.3. The van der Waals surface area contributed by atoms with Gasteiger partial charge in [-0.05, 0) is 80.2 Å². The van der Waals surface area contributed by atoms with Crippen LogP contribution in [0.4, 0.5) is 13.2 Å². The van der Waals surface area contributed by atoms with Crippen LogP contribution in [0, 0.1) is 0 Å². The summed E-state index contributed by atoms with van der Waals surface area (Å²) in [5.41, 5.74) is 4.32. The average Bonchev–Trinajstić information content (AvgIpc) is 3.43. The number of carbonyl (C=O) groups is 2. The minimum Gasteiger partial charge on any atom is -0.368 e. The van der Waals surface area contributed by atoms with Crippen LogP contribution in [-0.4, -0.2) is 67.5 Å². The van der Waals surface area contributed by atoms with E-state index in [-0.39, 0.29) is 68.5 Å². The van der Waals surface area contributed by atoms with Gasteiger partial charge in [0, 0.05) is 41.3 Å². The summed E-state index contributed by atoms with van der Waals surface area (Å²) in [5, 5.41) is 2.54. The van der Waals surface area contributed by atoms with Crippen molar-refractivity contribution in [2.24, 2.45) is 5.73 Å². The third-order valence-electron chi connectivity index (χ3n) is 7.89. The lowest BCUT2D eigenvalue weighted by molar-refractivity contribution is -0.138. The molecule has 2 aromatic rings. The van der Waals surface area contributed by atoms with Crippen molar-refractivity contribution in [3.05, 3.63) is 62.6 Å². The Balaban J connectivity index is 1.54. The molecule has 0 unspecified atom stereocenters. The molecular weight excluding hydrogens is 616 g/mol. The van der Waals surface area contributed by atoms with E-state index in [9.17, 15) is 31.2 Å². The van der Waals surface area contributed by atoms with E-state index >= 15 is 0 Å². The van der Waals surface area contributed by atoms with Crippen LogP contribution in [0.25, 0.3) is 0 Å². The SMILES string of the molecule is CCS(=O)(=O)c1ccc(Cl)cc1CNC(=O)c1cc(Cl)c(CN2CCC[C@H](N3CCC[C@@H]3C(N)=O)C2)c(C(F)(F)F)c1. The molecule has 2 aromatic carbocycles. The van der Waals surface area contributed by atoms with Crippen LogP contribution in [0.5, 0.6) is 0 Å². The number of nitrogens with one attached hydrogen (secondary N) is 1. The van der Waals surface area contributed by atoms with Gasteiger partial charge in [0.15, 0.2) is 9.84 Å². The molecule has 2 fully saturated rings. The van der Waals surface area contributed by atoms with Crippen molar-refractivity contribution < 1.29 is 31.2 Å². The zero-order chi connectivity index (χ0) is 30.8. The summed E-state index contributed by atoms with van der Waals surface area (Å²) in [4.78, 5) is 28.8. The molecule has 2 aliphatic heterocycles. The number of likely N-dealkylation sites (tertiary alicyclic amines) is 2. The Hall–Kier alpha value is -2.38. The summed E-state index contributed by atoms with van der Waals surface area (Å²) in [6.45, 7) is 2.86. The van der Waals surface area contributed by atoms with Crippen LogP contribution in [-0.2, 0) is 33.9 Å². The quantitative estimate of drug-likeness (QED) is 0.409. The predicted octanol–water partition coefficient (Wildman–Crippen LogP) is 4.65. The van der Waals surface area contributed by atoms with E-state index in [1.165, 1.54) is 31.2 Å². The molecule has 0 bridgehead atoms. The van der Waals surface area contributed by atoms with Gasteiger partial charge in [-0.15, -0.1) is 0 Å². The van der Waals surface area contributed by atoms with Crippen LogP contribution >= 0.6 is 23.2 Å². The van der Waals surface area contributed by atoms with E-state index in [4.69, 9.17) is 28.9 Å². The first-order valence-electron chi connectivity index (χ1n) is 13.7. The van der Waals surface area contributed by atoms with Gasteiger partial charge < -0.3 is 11.1 Å². The molecule has 0 spiro atoms. The van der Waals surface area contributed by atoms with Gasteiger partial charge in [0.25, 0.3) is 5.91 Å². The minimum absolute atomic E-state index is 0.00943. The lowest BCUT2D eigenvalue weighted by atomic mass is 9.99. The highest BCUT2D eigenvalue weighted by atomic mass is 35.5. The number of nitrogens with two attached hydrogens (primary N) is 1. The van der Waals surface area contributed by atoms with E-state index < -0.39 is 27.5 Å². The number of carbonyl (C=O) groups excluding carboxylic acids is 2. The van der Waals surface area contributed by atoms with Gasteiger partial charge in [0.05, 0.1) is 22.3 Å². The second-order valence-electron chi connectivity index (χ2n) is 10.6. The van der Waals surface area contributed by atoms with Gasteiger partial charge >= 0.3 is 6.18 Å². The Morgan fingerprint density at radius 1 is 1.10 bits per heavy atom. The smallest absolute Gasteiger partial charge is 0.368 e. The first kappa shape index (κ1) is 32.5. The number of amides is 2. The van der Waals surface area contributed by atoms with Crippen molar-refractivity contribution in [2.75, 3.05) is 25.4 Å². The van der Waals surface area contributed by atoms with Crippen molar-refractivity contribution in [2.45, 2.75) is 68.9 Å². The molecule has 8 nitrogen and oxygen atoms in total. The third kappa shape index (κ3) is 7.39. The minimum atomic E-state index is -4.79. The number of nitrogens with zero attached hydrogens (tertiary/aromatic N) is 2. The number of hydrogen-bond acceptors (Lipinski definition) is 6. The van der Waals surface area contributed by atoms with Gasteiger partial charge in [-0.2, -0.15) is 13.2 Å². The maximum absolute atomic E-state index is 14.3. The number of rotatable bonds is 9. The number of halogens is 5. The van der Waals surface area contributed by atoms with Gasteiger partial charge in [-0.1, -0.05) is 30.1 Å². The van der Waals surface area contributed by atoms with Crippen LogP contribution in [0.1, 0.15) is 59.7 Å². The van der Waals surface area contributed by atoms with E-state index in [2.05, 4.69) is 10.2 Å². The number of benzene rings is 2. The van der Waals surface area contributed by atoms with Crippen LogP contribution in [0.3, 0.4) is 0 Å². The number of sulfone groups is 1. The Labute approximate surface area is 253 Å². The van der Waals surface area contributed by atoms with Gasteiger partial charge in [0.1, 0.15) is 0 Å². The van der Waals surface area contributed by atoms with E-state index in [0.29, 0.717) is 26.1 Å². The van der Waals surface area contributed by atoms with E-state index in [0.717, 1.165) is 25.3 Å². The lowest BCUT2D eigenvalue weighted by Crippen LogP contribution is -2.52.